The van der Waals surface area contributed by atoms with Crippen LogP contribution in [0.4, 0.5) is 0 Å². The van der Waals surface area contributed by atoms with Crippen molar-refractivity contribution in [3.05, 3.63) is 57.7 Å². The Morgan fingerprint density at radius 3 is 2.60 bits per heavy atom. The van der Waals surface area contributed by atoms with E-state index in [9.17, 15) is 0 Å². The van der Waals surface area contributed by atoms with Crippen LogP contribution in [0.5, 0.6) is 11.5 Å². The smallest absolute Gasteiger partial charge is 0.123 e. The second-order valence-electron chi connectivity index (χ2n) is 4.29. The molecule has 3 nitrogen and oxygen atoms in total. The van der Waals surface area contributed by atoms with Crippen LogP contribution in [0.15, 0.2) is 48.5 Å². The molecule has 0 aromatic heterocycles. The van der Waals surface area contributed by atoms with Gasteiger partial charge in [0.05, 0.1) is 0 Å². The topological polar surface area (TPSA) is 30.5 Å². The fraction of sp³-hybridized carbons (Fsp3) is 0.250. The molecule has 0 atom stereocenters. The Hall–Kier alpha value is -1.27. The molecule has 0 fully saturated rings. The van der Waals surface area contributed by atoms with Crippen LogP contribution in [0.25, 0.3) is 0 Å². The van der Waals surface area contributed by atoms with Gasteiger partial charge < -0.3 is 14.8 Å². The van der Waals surface area contributed by atoms with Crippen LogP contribution in [0.3, 0.4) is 0 Å². The van der Waals surface area contributed by atoms with Crippen molar-refractivity contribution < 1.29 is 9.47 Å². The van der Waals surface area contributed by atoms with Crippen LogP contribution in [0, 0.1) is 3.57 Å². The summed E-state index contributed by atoms with van der Waals surface area (Å²) in [4.78, 5) is 0. The summed E-state index contributed by atoms with van der Waals surface area (Å²) < 4.78 is 12.6. The van der Waals surface area contributed by atoms with Crippen molar-refractivity contribution in [3.63, 3.8) is 0 Å². The van der Waals surface area contributed by atoms with E-state index in [-0.39, 0.29) is 0 Å². The number of nitrogens with one attached hydrogen (secondary N) is 1. The maximum absolute atomic E-state index is 5.77. The molecule has 0 radical (unpaired) electrons. The second-order valence-corrected chi connectivity index (χ2v) is 5.54. The molecule has 2 rings (SSSR count). The molecule has 0 saturated heterocycles. The highest BCUT2D eigenvalue weighted by Gasteiger charge is 2.02. The first-order valence-electron chi connectivity index (χ1n) is 6.53. The lowest BCUT2D eigenvalue weighted by Gasteiger charge is -2.12. The Morgan fingerprint density at radius 2 is 1.80 bits per heavy atom. The van der Waals surface area contributed by atoms with E-state index in [4.69, 9.17) is 9.47 Å². The van der Waals surface area contributed by atoms with E-state index in [1.165, 1.54) is 3.57 Å². The highest BCUT2D eigenvalue weighted by Crippen LogP contribution is 2.18. The number of hydrogen-bond donors (Lipinski definition) is 1. The Bertz CT molecular complexity index is 546. The van der Waals surface area contributed by atoms with Crippen molar-refractivity contribution in [1.82, 2.24) is 5.32 Å². The minimum Gasteiger partial charge on any atom is -0.490 e. The predicted octanol–water partition coefficient (Wildman–Crippen LogP) is 3.47. The number of ether oxygens (including phenoxy) is 2. The van der Waals surface area contributed by atoms with E-state index in [2.05, 4.69) is 34.0 Å². The van der Waals surface area contributed by atoms with Crippen LogP contribution in [0.1, 0.15) is 5.56 Å². The summed E-state index contributed by atoms with van der Waals surface area (Å²) in [5.41, 5.74) is 1.16. The molecular formula is C16H18INO2. The lowest BCUT2D eigenvalue weighted by atomic mass is 10.2. The fourth-order valence-electron chi connectivity index (χ4n) is 1.85. The highest BCUT2D eigenvalue weighted by molar-refractivity contribution is 14.1. The average Bonchev–Trinajstić information content (AvgIpc) is 2.46. The van der Waals surface area contributed by atoms with E-state index in [1.54, 1.807) is 0 Å². The largest absolute Gasteiger partial charge is 0.490 e. The van der Waals surface area contributed by atoms with Gasteiger partial charge >= 0.3 is 0 Å². The van der Waals surface area contributed by atoms with Gasteiger partial charge in [0.25, 0.3) is 0 Å². The minimum absolute atomic E-state index is 0.534. The zero-order valence-corrected chi connectivity index (χ0v) is 13.6. The third kappa shape index (κ3) is 4.68. The summed E-state index contributed by atoms with van der Waals surface area (Å²) in [6, 6.07) is 16.0. The van der Waals surface area contributed by atoms with Crippen molar-refractivity contribution in [2.75, 3.05) is 20.3 Å². The van der Waals surface area contributed by atoms with Gasteiger partial charge in [0, 0.05) is 15.7 Å². The number of halogens is 1. The Labute approximate surface area is 133 Å². The molecule has 106 valence electrons. The monoisotopic (exact) mass is 383 g/mol. The van der Waals surface area contributed by atoms with Gasteiger partial charge in [0.1, 0.15) is 24.7 Å². The van der Waals surface area contributed by atoms with Crippen LogP contribution in [0.2, 0.25) is 0 Å². The van der Waals surface area contributed by atoms with Crippen molar-refractivity contribution >= 4 is 22.6 Å². The number of benzene rings is 2. The van der Waals surface area contributed by atoms with Crippen LogP contribution >= 0.6 is 22.6 Å². The van der Waals surface area contributed by atoms with Gasteiger partial charge in [0.15, 0.2) is 0 Å². The molecule has 0 aliphatic carbocycles. The Morgan fingerprint density at radius 1 is 1.00 bits per heavy atom. The maximum Gasteiger partial charge on any atom is 0.123 e. The Balaban J connectivity index is 1.81. The molecule has 20 heavy (non-hydrogen) atoms. The summed E-state index contributed by atoms with van der Waals surface area (Å²) in [7, 11) is 1.93. The summed E-state index contributed by atoms with van der Waals surface area (Å²) in [5.74, 6) is 1.79. The van der Waals surface area contributed by atoms with Gasteiger partial charge in [0.2, 0.25) is 0 Å². The van der Waals surface area contributed by atoms with Crippen molar-refractivity contribution in [2.45, 2.75) is 6.54 Å². The van der Waals surface area contributed by atoms with Gasteiger partial charge in [-0.3, -0.25) is 0 Å². The lowest BCUT2D eigenvalue weighted by molar-refractivity contribution is 0.215. The molecule has 0 aliphatic rings. The second kappa shape index (κ2) is 8.11. The molecule has 0 unspecified atom stereocenters. The van der Waals surface area contributed by atoms with Gasteiger partial charge in [-0.1, -0.05) is 24.3 Å². The van der Waals surface area contributed by atoms with E-state index in [0.29, 0.717) is 13.2 Å². The van der Waals surface area contributed by atoms with Gasteiger partial charge in [-0.05, 0) is 53.9 Å². The zero-order chi connectivity index (χ0) is 14.2. The zero-order valence-electron chi connectivity index (χ0n) is 11.4. The van der Waals surface area contributed by atoms with Crippen LogP contribution in [-0.2, 0) is 6.54 Å². The molecule has 0 aliphatic heterocycles. The molecular weight excluding hydrogens is 365 g/mol. The van der Waals surface area contributed by atoms with Crippen molar-refractivity contribution in [2.24, 2.45) is 0 Å². The molecule has 0 bridgehead atoms. The molecule has 0 amide bonds. The minimum atomic E-state index is 0.534. The van der Waals surface area contributed by atoms with Crippen LogP contribution < -0.4 is 14.8 Å². The normalized spacial score (nSPS) is 10.3. The standard InChI is InChI=1S/C16H18INO2/c1-18-12-13-5-2-3-8-16(13)20-10-9-19-15-7-4-6-14(17)11-15/h2-8,11,18H,9-10,12H2,1H3. The predicted molar refractivity (Wildman–Crippen MR) is 89.4 cm³/mol. The number of para-hydroxylation sites is 1. The lowest BCUT2D eigenvalue weighted by Crippen LogP contribution is -2.12. The molecule has 4 heteroatoms. The summed E-state index contributed by atoms with van der Waals surface area (Å²) in [6.45, 7) is 1.87. The molecule has 0 saturated carbocycles. The van der Waals surface area contributed by atoms with E-state index in [1.807, 2.05) is 49.5 Å². The number of hydrogen-bond acceptors (Lipinski definition) is 3. The summed E-state index contributed by atoms with van der Waals surface area (Å²) >= 11 is 2.27. The quantitative estimate of drug-likeness (QED) is 0.587. The first-order valence-corrected chi connectivity index (χ1v) is 7.61. The summed E-state index contributed by atoms with van der Waals surface area (Å²) in [6.07, 6.45) is 0. The third-order valence-electron chi connectivity index (χ3n) is 2.75. The summed E-state index contributed by atoms with van der Waals surface area (Å²) in [5, 5.41) is 3.13. The Kier molecular flexibility index (Phi) is 6.14. The first kappa shape index (κ1) is 15.1. The maximum atomic E-state index is 5.77. The third-order valence-corrected chi connectivity index (χ3v) is 3.42. The van der Waals surface area contributed by atoms with Crippen molar-refractivity contribution in [3.8, 4) is 11.5 Å². The molecule has 2 aromatic carbocycles. The van der Waals surface area contributed by atoms with Crippen molar-refractivity contribution in [1.29, 1.82) is 0 Å². The van der Waals surface area contributed by atoms with E-state index in [0.717, 1.165) is 23.6 Å². The molecule has 2 aromatic rings. The van der Waals surface area contributed by atoms with E-state index < -0.39 is 0 Å². The van der Waals surface area contributed by atoms with Crippen LogP contribution in [-0.4, -0.2) is 20.3 Å². The van der Waals surface area contributed by atoms with Gasteiger partial charge in [-0.25, -0.2) is 0 Å². The first-order chi connectivity index (χ1) is 9.79. The SMILES string of the molecule is CNCc1ccccc1OCCOc1cccc(I)c1. The molecule has 1 N–H and O–H groups in total. The average molecular weight is 383 g/mol. The molecule has 0 heterocycles. The highest BCUT2D eigenvalue weighted by atomic mass is 127. The fourth-order valence-corrected chi connectivity index (χ4v) is 2.36. The van der Waals surface area contributed by atoms with E-state index >= 15 is 0 Å². The van der Waals surface area contributed by atoms with Gasteiger partial charge in [-0.15, -0.1) is 0 Å². The number of rotatable bonds is 7. The molecule has 0 spiro atoms. The van der Waals surface area contributed by atoms with Gasteiger partial charge in [-0.2, -0.15) is 0 Å².